The second-order valence-corrected chi connectivity index (χ2v) is 6.95. The first-order valence-corrected chi connectivity index (χ1v) is 8.56. The molecule has 1 aromatic carbocycles. The van der Waals surface area contributed by atoms with Gasteiger partial charge in [-0.05, 0) is 65.9 Å². The molecule has 1 aromatic heterocycles. The van der Waals surface area contributed by atoms with Crippen molar-refractivity contribution in [3.8, 4) is 0 Å². The highest BCUT2D eigenvalue weighted by Gasteiger charge is 2.14. The zero-order valence-electron chi connectivity index (χ0n) is 10.8. The maximum Gasteiger partial charge on any atom is 0.263 e. The van der Waals surface area contributed by atoms with E-state index in [0.717, 1.165) is 10.1 Å². The molecular formula is C13H14IN3O2S. The van der Waals surface area contributed by atoms with E-state index in [1.54, 1.807) is 18.2 Å². The lowest BCUT2D eigenvalue weighted by Crippen LogP contribution is -2.13. The number of nitrogens with zero attached hydrogens (tertiary/aromatic N) is 1. The molecule has 1 heterocycles. The lowest BCUT2D eigenvalue weighted by Gasteiger charge is -2.08. The predicted octanol–water partition coefficient (Wildman–Crippen LogP) is 2.92. The smallest absolute Gasteiger partial charge is 0.263 e. The molecule has 0 aliphatic rings. The summed E-state index contributed by atoms with van der Waals surface area (Å²) >= 11 is 2.16. The van der Waals surface area contributed by atoms with Crippen molar-refractivity contribution < 1.29 is 8.42 Å². The number of hydrogen-bond donors (Lipinski definition) is 2. The lowest BCUT2D eigenvalue weighted by atomic mass is 10.3. The van der Waals surface area contributed by atoms with Crippen molar-refractivity contribution >= 4 is 44.1 Å². The van der Waals surface area contributed by atoms with Gasteiger partial charge in [0.15, 0.2) is 0 Å². The van der Waals surface area contributed by atoms with Crippen LogP contribution in [0.2, 0.25) is 0 Å². The number of rotatable bonds is 5. The van der Waals surface area contributed by atoms with E-state index in [2.05, 4.69) is 37.6 Å². The number of hydrogen-bond acceptors (Lipinski definition) is 4. The van der Waals surface area contributed by atoms with Crippen molar-refractivity contribution in [3.63, 3.8) is 0 Å². The Morgan fingerprint density at radius 1 is 1.15 bits per heavy atom. The standard InChI is InChI=1S/C13H14IN3O2S/c1-2-15-13-8-7-12(9-16-13)20(18,19)17-11-5-3-10(14)4-6-11/h3-9,17H,2H2,1H3,(H,15,16). The third-order valence-corrected chi connectivity index (χ3v) is 4.59. The summed E-state index contributed by atoms with van der Waals surface area (Å²) in [6.07, 6.45) is 1.34. The molecule has 2 N–H and O–H groups in total. The Balaban J connectivity index is 2.19. The van der Waals surface area contributed by atoms with Gasteiger partial charge in [0.1, 0.15) is 10.7 Å². The van der Waals surface area contributed by atoms with Gasteiger partial charge in [-0.1, -0.05) is 0 Å². The van der Waals surface area contributed by atoms with E-state index >= 15 is 0 Å². The number of sulfonamides is 1. The maximum absolute atomic E-state index is 12.2. The van der Waals surface area contributed by atoms with Crippen LogP contribution in [0.25, 0.3) is 0 Å². The molecule has 0 unspecified atom stereocenters. The Morgan fingerprint density at radius 3 is 2.40 bits per heavy atom. The molecule has 2 aromatic rings. The first kappa shape index (κ1) is 15.0. The van der Waals surface area contributed by atoms with Gasteiger partial charge < -0.3 is 5.32 Å². The molecule has 5 nitrogen and oxygen atoms in total. The van der Waals surface area contributed by atoms with Crippen LogP contribution in [0.4, 0.5) is 11.5 Å². The van der Waals surface area contributed by atoms with Crippen LogP contribution in [0.5, 0.6) is 0 Å². The molecule has 0 radical (unpaired) electrons. The van der Waals surface area contributed by atoms with Crippen LogP contribution in [0.1, 0.15) is 6.92 Å². The third-order valence-electron chi connectivity index (χ3n) is 2.50. The van der Waals surface area contributed by atoms with Gasteiger partial charge in [-0.2, -0.15) is 0 Å². The summed E-state index contributed by atoms with van der Waals surface area (Å²) in [7, 11) is -3.60. The Morgan fingerprint density at radius 2 is 1.85 bits per heavy atom. The number of halogens is 1. The van der Waals surface area contributed by atoms with Gasteiger partial charge in [0.2, 0.25) is 0 Å². The number of nitrogens with one attached hydrogen (secondary N) is 2. The molecule has 0 saturated heterocycles. The zero-order chi connectivity index (χ0) is 14.6. The number of pyridine rings is 1. The lowest BCUT2D eigenvalue weighted by molar-refractivity contribution is 0.601. The average Bonchev–Trinajstić information content (AvgIpc) is 2.42. The van der Waals surface area contributed by atoms with Crippen molar-refractivity contribution in [2.45, 2.75) is 11.8 Å². The molecule has 2 rings (SSSR count). The molecular weight excluding hydrogens is 389 g/mol. The van der Waals surface area contributed by atoms with Crippen molar-refractivity contribution in [2.75, 3.05) is 16.6 Å². The minimum atomic E-state index is -3.60. The molecule has 0 amide bonds. The maximum atomic E-state index is 12.2. The molecule has 0 atom stereocenters. The van der Waals surface area contributed by atoms with Gasteiger partial charge in [0, 0.05) is 22.0 Å². The highest BCUT2D eigenvalue weighted by atomic mass is 127. The van der Waals surface area contributed by atoms with E-state index in [0.29, 0.717) is 11.5 Å². The fourth-order valence-corrected chi connectivity index (χ4v) is 2.92. The van der Waals surface area contributed by atoms with Crippen LogP contribution in [0.3, 0.4) is 0 Å². The van der Waals surface area contributed by atoms with Crippen LogP contribution in [0.15, 0.2) is 47.5 Å². The average molecular weight is 403 g/mol. The van der Waals surface area contributed by atoms with E-state index in [1.165, 1.54) is 12.3 Å². The molecule has 106 valence electrons. The van der Waals surface area contributed by atoms with Crippen molar-refractivity contribution in [1.29, 1.82) is 0 Å². The predicted molar refractivity (Wildman–Crippen MR) is 88.4 cm³/mol. The monoisotopic (exact) mass is 403 g/mol. The Kier molecular flexibility index (Phi) is 4.81. The molecule has 0 aliphatic carbocycles. The molecule has 0 saturated carbocycles. The summed E-state index contributed by atoms with van der Waals surface area (Å²) in [4.78, 5) is 4.20. The second kappa shape index (κ2) is 6.40. The number of benzene rings is 1. The largest absolute Gasteiger partial charge is 0.370 e. The van der Waals surface area contributed by atoms with Gasteiger partial charge in [-0.15, -0.1) is 0 Å². The van der Waals surface area contributed by atoms with E-state index in [4.69, 9.17) is 0 Å². The third kappa shape index (κ3) is 3.83. The summed E-state index contributed by atoms with van der Waals surface area (Å²) in [6, 6.07) is 10.3. The number of anilines is 2. The minimum Gasteiger partial charge on any atom is -0.370 e. The summed E-state index contributed by atoms with van der Waals surface area (Å²) in [6.45, 7) is 2.69. The molecule has 0 bridgehead atoms. The van der Waals surface area contributed by atoms with Crippen LogP contribution >= 0.6 is 22.6 Å². The highest BCUT2D eigenvalue weighted by Crippen LogP contribution is 2.17. The first-order valence-electron chi connectivity index (χ1n) is 5.99. The highest BCUT2D eigenvalue weighted by molar-refractivity contribution is 14.1. The fourth-order valence-electron chi connectivity index (χ4n) is 1.56. The Hall–Kier alpha value is -1.35. The van der Waals surface area contributed by atoms with Gasteiger partial charge in [0.25, 0.3) is 10.0 Å². The van der Waals surface area contributed by atoms with Crippen molar-refractivity contribution in [2.24, 2.45) is 0 Å². The number of aromatic nitrogens is 1. The van der Waals surface area contributed by atoms with Gasteiger partial charge in [-0.3, -0.25) is 4.72 Å². The molecule has 0 spiro atoms. The molecule has 0 fully saturated rings. The Labute approximate surface area is 132 Å². The minimum absolute atomic E-state index is 0.137. The van der Waals surface area contributed by atoms with Crippen LogP contribution in [0, 0.1) is 3.57 Å². The van der Waals surface area contributed by atoms with Crippen LogP contribution < -0.4 is 10.0 Å². The first-order chi connectivity index (χ1) is 9.51. The van der Waals surface area contributed by atoms with E-state index in [9.17, 15) is 8.42 Å². The van der Waals surface area contributed by atoms with E-state index in [1.807, 2.05) is 19.1 Å². The summed E-state index contributed by atoms with van der Waals surface area (Å²) in [5, 5.41) is 3.01. The normalized spacial score (nSPS) is 11.1. The van der Waals surface area contributed by atoms with Gasteiger partial charge >= 0.3 is 0 Å². The molecule has 0 aliphatic heterocycles. The SMILES string of the molecule is CCNc1ccc(S(=O)(=O)Nc2ccc(I)cc2)cn1. The summed E-state index contributed by atoms with van der Waals surface area (Å²) < 4.78 is 27.9. The van der Waals surface area contributed by atoms with Crippen molar-refractivity contribution in [3.05, 3.63) is 46.2 Å². The van der Waals surface area contributed by atoms with Gasteiger partial charge in [-0.25, -0.2) is 13.4 Å². The van der Waals surface area contributed by atoms with Crippen LogP contribution in [-0.4, -0.2) is 19.9 Å². The summed E-state index contributed by atoms with van der Waals surface area (Å²) in [5.74, 6) is 0.653. The summed E-state index contributed by atoms with van der Waals surface area (Å²) in [5.41, 5.74) is 0.529. The quantitative estimate of drug-likeness (QED) is 0.754. The topological polar surface area (TPSA) is 71.1 Å². The molecule has 7 heteroatoms. The fraction of sp³-hybridized carbons (Fsp3) is 0.154. The molecule has 20 heavy (non-hydrogen) atoms. The zero-order valence-corrected chi connectivity index (χ0v) is 13.8. The van der Waals surface area contributed by atoms with Gasteiger partial charge in [0.05, 0.1) is 0 Å². The Bertz CT molecular complexity index is 670. The van der Waals surface area contributed by atoms with E-state index in [-0.39, 0.29) is 4.90 Å². The van der Waals surface area contributed by atoms with E-state index < -0.39 is 10.0 Å². The van der Waals surface area contributed by atoms with Crippen molar-refractivity contribution in [1.82, 2.24) is 4.98 Å². The second-order valence-electron chi connectivity index (χ2n) is 4.02. The van der Waals surface area contributed by atoms with Crippen LogP contribution in [-0.2, 0) is 10.0 Å².